The minimum atomic E-state index is -0.816. The minimum Gasteiger partial charge on any atom is -0.503 e. The molecule has 1 aliphatic rings. The Hall–Kier alpha value is -4.00. The van der Waals surface area contributed by atoms with E-state index in [1.807, 2.05) is 0 Å². The fourth-order valence-corrected chi connectivity index (χ4v) is 3.56. The summed E-state index contributed by atoms with van der Waals surface area (Å²) in [5.74, 6) is -0.0310. The van der Waals surface area contributed by atoms with Gasteiger partial charge in [0.1, 0.15) is 23.9 Å². The highest BCUT2D eigenvalue weighted by Gasteiger charge is 2.44. The van der Waals surface area contributed by atoms with Crippen LogP contribution in [0.15, 0.2) is 87.6 Å². The van der Waals surface area contributed by atoms with Gasteiger partial charge in [0.15, 0.2) is 11.5 Å². The Kier molecular flexibility index (Phi) is 5.49. The van der Waals surface area contributed by atoms with Gasteiger partial charge < -0.3 is 23.6 Å². The molecule has 4 rings (SSSR count). The van der Waals surface area contributed by atoms with E-state index >= 15 is 0 Å². The topological polar surface area (TPSA) is 93.1 Å². The third kappa shape index (κ3) is 3.90. The number of carbonyl (C=O) groups excluding carboxylic acids is 2. The summed E-state index contributed by atoms with van der Waals surface area (Å²) in [4.78, 5) is 27.5. The van der Waals surface area contributed by atoms with Crippen molar-refractivity contribution < 1.29 is 28.3 Å². The molecule has 2 aromatic heterocycles. The monoisotopic (exact) mass is 419 g/mol. The minimum absolute atomic E-state index is 0.0364. The van der Waals surface area contributed by atoms with Gasteiger partial charge in [-0.2, -0.15) is 0 Å². The largest absolute Gasteiger partial charge is 0.503 e. The lowest BCUT2D eigenvalue weighted by molar-refractivity contribution is -0.130. The summed E-state index contributed by atoms with van der Waals surface area (Å²) < 4.78 is 16.4. The average Bonchev–Trinajstić information content (AvgIpc) is 3.50. The lowest BCUT2D eigenvalue weighted by Crippen LogP contribution is -2.30. The van der Waals surface area contributed by atoms with Crippen LogP contribution in [0.5, 0.6) is 5.75 Å². The normalized spacial score (nSPS) is 16.1. The first-order valence-electron chi connectivity index (χ1n) is 9.71. The van der Waals surface area contributed by atoms with Crippen molar-refractivity contribution in [1.82, 2.24) is 4.90 Å². The molecule has 3 heterocycles. The Morgan fingerprint density at radius 3 is 2.61 bits per heavy atom. The van der Waals surface area contributed by atoms with Gasteiger partial charge in [0, 0.05) is 0 Å². The van der Waals surface area contributed by atoms with Crippen molar-refractivity contribution in [2.45, 2.75) is 19.5 Å². The Morgan fingerprint density at radius 2 is 2.00 bits per heavy atom. The number of aryl methyl sites for hydroxylation is 1. The summed E-state index contributed by atoms with van der Waals surface area (Å²) in [5.41, 5.74) is 0.604. The number of nitrogens with zero attached hydrogens (tertiary/aromatic N) is 1. The fourth-order valence-electron chi connectivity index (χ4n) is 3.56. The molecular formula is C24H21NO6. The smallest absolute Gasteiger partial charge is 0.290 e. The molecular weight excluding hydrogens is 398 g/mol. The molecule has 1 unspecified atom stereocenters. The Balaban J connectivity index is 1.74. The number of aliphatic hydroxyl groups excluding tert-OH is 1. The van der Waals surface area contributed by atoms with Crippen LogP contribution >= 0.6 is 0 Å². The maximum absolute atomic E-state index is 13.2. The van der Waals surface area contributed by atoms with Gasteiger partial charge >= 0.3 is 0 Å². The summed E-state index contributed by atoms with van der Waals surface area (Å²) in [7, 11) is 0. The molecule has 0 bridgehead atoms. The van der Waals surface area contributed by atoms with E-state index in [0.29, 0.717) is 29.4 Å². The first kappa shape index (κ1) is 20.3. The average molecular weight is 419 g/mol. The van der Waals surface area contributed by atoms with E-state index in [2.05, 4.69) is 6.58 Å². The molecule has 7 nitrogen and oxygen atoms in total. The van der Waals surface area contributed by atoms with Crippen LogP contribution in [0.25, 0.3) is 0 Å². The molecule has 0 saturated heterocycles. The van der Waals surface area contributed by atoms with Crippen molar-refractivity contribution in [3.8, 4) is 5.75 Å². The van der Waals surface area contributed by atoms with E-state index in [1.165, 1.54) is 17.2 Å². The highest BCUT2D eigenvalue weighted by Crippen LogP contribution is 2.40. The molecule has 0 fully saturated rings. The molecule has 7 heteroatoms. The number of Topliss-reactive ketones (excluding diaryl/α,β-unsaturated/α-hetero) is 1. The van der Waals surface area contributed by atoms with E-state index in [9.17, 15) is 14.7 Å². The molecule has 0 spiro atoms. The molecule has 0 aliphatic carbocycles. The van der Waals surface area contributed by atoms with E-state index < -0.39 is 23.5 Å². The van der Waals surface area contributed by atoms with Gasteiger partial charge in [0.05, 0.1) is 24.4 Å². The molecule has 31 heavy (non-hydrogen) atoms. The fraction of sp³-hybridized carbons (Fsp3) is 0.167. The molecule has 1 aromatic carbocycles. The quantitative estimate of drug-likeness (QED) is 0.426. The summed E-state index contributed by atoms with van der Waals surface area (Å²) >= 11 is 0. The van der Waals surface area contributed by atoms with Crippen LogP contribution in [0.3, 0.4) is 0 Å². The summed E-state index contributed by atoms with van der Waals surface area (Å²) in [5, 5.41) is 10.7. The standard InChI is InChI=1S/C24H21NO6/c1-3-12-29-17-9-7-16(8-10-17)21-20(22(26)19-11-6-15(2)31-19)23(27)24(28)25(21)14-18-5-4-13-30-18/h3-11,13,21,27H,1,12,14H2,2H3. The predicted molar refractivity (Wildman–Crippen MR) is 112 cm³/mol. The van der Waals surface area contributed by atoms with Crippen molar-refractivity contribution >= 4 is 11.7 Å². The molecule has 3 aromatic rings. The second kappa shape index (κ2) is 8.39. The highest BCUT2D eigenvalue weighted by atomic mass is 16.5. The van der Waals surface area contributed by atoms with Crippen LogP contribution < -0.4 is 4.74 Å². The number of carbonyl (C=O) groups is 2. The summed E-state index contributed by atoms with van der Waals surface area (Å²) in [6, 6.07) is 12.8. The van der Waals surface area contributed by atoms with Crippen LogP contribution in [0.2, 0.25) is 0 Å². The highest BCUT2D eigenvalue weighted by molar-refractivity contribution is 6.15. The van der Waals surface area contributed by atoms with Gasteiger partial charge in [0.25, 0.3) is 5.91 Å². The lowest BCUT2D eigenvalue weighted by atomic mass is 9.95. The number of benzene rings is 1. The van der Waals surface area contributed by atoms with Gasteiger partial charge in [-0.3, -0.25) is 9.59 Å². The van der Waals surface area contributed by atoms with Gasteiger partial charge in [-0.15, -0.1) is 0 Å². The summed E-state index contributed by atoms with van der Waals surface area (Å²) in [6.45, 7) is 5.78. The van der Waals surface area contributed by atoms with Gasteiger partial charge in [0.2, 0.25) is 5.78 Å². The predicted octanol–water partition coefficient (Wildman–Crippen LogP) is 4.52. The molecule has 0 saturated carbocycles. The Bertz CT molecular complexity index is 1140. The summed E-state index contributed by atoms with van der Waals surface area (Å²) in [6.07, 6.45) is 3.14. The van der Waals surface area contributed by atoms with Gasteiger partial charge in [-0.1, -0.05) is 24.8 Å². The van der Waals surface area contributed by atoms with Crippen LogP contribution in [0, 0.1) is 6.92 Å². The van der Waals surface area contributed by atoms with Crippen molar-refractivity contribution in [2.75, 3.05) is 6.61 Å². The van der Waals surface area contributed by atoms with Crippen molar-refractivity contribution in [1.29, 1.82) is 0 Å². The molecule has 1 atom stereocenters. The molecule has 1 amide bonds. The first-order valence-corrected chi connectivity index (χ1v) is 9.71. The first-order chi connectivity index (χ1) is 15.0. The van der Waals surface area contributed by atoms with Crippen LogP contribution in [0.4, 0.5) is 0 Å². The third-order valence-corrected chi connectivity index (χ3v) is 4.98. The van der Waals surface area contributed by atoms with Gasteiger partial charge in [-0.25, -0.2) is 0 Å². The molecule has 158 valence electrons. The number of amides is 1. The zero-order chi connectivity index (χ0) is 22.0. The number of aliphatic hydroxyl groups is 1. The number of ketones is 1. The van der Waals surface area contributed by atoms with E-state index in [0.717, 1.165) is 0 Å². The second-order valence-corrected chi connectivity index (χ2v) is 7.09. The molecule has 0 radical (unpaired) electrons. The number of hydrogen-bond donors (Lipinski definition) is 1. The SMILES string of the molecule is C=CCOc1ccc(C2C(C(=O)c3ccc(C)o3)=C(O)C(=O)N2Cc2ccco2)cc1. The number of rotatable bonds is 8. The third-order valence-electron chi connectivity index (χ3n) is 4.98. The number of ether oxygens (including phenoxy) is 1. The van der Waals surface area contributed by atoms with Crippen molar-refractivity contribution in [3.05, 3.63) is 102 Å². The maximum atomic E-state index is 13.2. The van der Waals surface area contributed by atoms with Crippen LogP contribution in [-0.2, 0) is 11.3 Å². The van der Waals surface area contributed by atoms with Crippen LogP contribution in [0.1, 0.15) is 33.7 Å². The van der Waals surface area contributed by atoms with E-state index in [-0.39, 0.29) is 17.9 Å². The Morgan fingerprint density at radius 1 is 1.23 bits per heavy atom. The lowest BCUT2D eigenvalue weighted by Gasteiger charge is -2.26. The maximum Gasteiger partial charge on any atom is 0.290 e. The van der Waals surface area contributed by atoms with Crippen LogP contribution in [-0.4, -0.2) is 28.3 Å². The van der Waals surface area contributed by atoms with E-state index in [4.69, 9.17) is 13.6 Å². The molecule has 1 aliphatic heterocycles. The van der Waals surface area contributed by atoms with Crippen molar-refractivity contribution in [3.63, 3.8) is 0 Å². The number of furan rings is 2. The van der Waals surface area contributed by atoms with Crippen molar-refractivity contribution in [2.24, 2.45) is 0 Å². The second-order valence-electron chi connectivity index (χ2n) is 7.09. The van der Waals surface area contributed by atoms with Gasteiger partial charge in [-0.05, 0) is 48.9 Å². The molecule has 1 N–H and O–H groups in total. The zero-order valence-electron chi connectivity index (χ0n) is 16.9. The number of hydrogen-bond acceptors (Lipinski definition) is 6. The zero-order valence-corrected chi connectivity index (χ0v) is 16.9. The van der Waals surface area contributed by atoms with E-state index in [1.54, 1.807) is 55.5 Å². The Labute approximate surface area is 178 Å².